The molecule has 0 saturated heterocycles. The number of rotatable bonds is 11. The van der Waals surface area contributed by atoms with E-state index in [-0.39, 0.29) is 29.3 Å². The number of carbonyl (C=O) groups excluding carboxylic acids is 2. The van der Waals surface area contributed by atoms with Gasteiger partial charge in [0, 0.05) is 12.3 Å². The summed E-state index contributed by atoms with van der Waals surface area (Å²) in [5, 5.41) is 0. The van der Waals surface area contributed by atoms with E-state index in [9.17, 15) is 9.59 Å². The summed E-state index contributed by atoms with van der Waals surface area (Å²) in [4.78, 5) is 24.5. The summed E-state index contributed by atoms with van der Waals surface area (Å²) in [6, 6.07) is 0. The van der Waals surface area contributed by atoms with Gasteiger partial charge < -0.3 is 0 Å². The smallest absolute Gasteiger partial charge is 0.144 e. The summed E-state index contributed by atoms with van der Waals surface area (Å²) in [6.07, 6.45) is 6.49. The molecule has 0 aromatic heterocycles. The van der Waals surface area contributed by atoms with Gasteiger partial charge in [0.25, 0.3) is 0 Å². The minimum atomic E-state index is -0.0486. The van der Waals surface area contributed by atoms with Crippen LogP contribution < -0.4 is 0 Å². The minimum absolute atomic E-state index is 0.0332. The molecule has 26 heavy (non-hydrogen) atoms. The van der Waals surface area contributed by atoms with Crippen molar-refractivity contribution in [2.24, 2.45) is 40.9 Å². The lowest BCUT2D eigenvalue weighted by molar-refractivity contribution is -0.125. The highest BCUT2D eigenvalue weighted by atomic mass is 16.2. The largest absolute Gasteiger partial charge is 0.299 e. The van der Waals surface area contributed by atoms with E-state index in [1.165, 1.54) is 19.3 Å². The molecule has 0 aromatic carbocycles. The van der Waals surface area contributed by atoms with E-state index < -0.39 is 0 Å². The van der Waals surface area contributed by atoms with Crippen molar-refractivity contribution in [1.29, 1.82) is 0 Å². The third-order valence-corrected chi connectivity index (χ3v) is 6.21. The molecule has 1 fully saturated rings. The van der Waals surface area contributed by atoms with Crippen molar-refractivity contribution in [3.8, 4) is 0 Å². The molecule has 0 bridgehead atoms. The summed E-state index contributed by atoms with van der Waals surface area (Å²) in [6.45, 7) is 18.5. The van der Waals surface area contributed by atoms with E-state index in [4.69, 9.17) is 0 Å². The van der Waals surface area contributed by atoms with Crippen LogP contribution in [0, 0.1) is 40.9 Å². The molecule has 2 nitrogen and oxygen atoms in total. The van der Waals surface area contributed by atoms with E-state index in [1.807, 2.05) is 0 Å². The SMILES string of the molecule is CC(C)CC(C)CC(C)CC(C)(CC(C)CC(C)C)C1CC(=O)CC1=O. The zero-order valence-electron chi connectivity index (χ0n) is 18.7. The Morgan fingerprint density at radius 2 is 1.27 bits per heavy atom. The van der Waals surface area contributed by atoms with Crippen LogP contribution in [-0.4, -0.2) is 11.6 Å². The molecule has 0 aliphatic heterocycles. The van der Waals surface area contributed by atoms with Crippen LogP contribution in [0.4, 0.5) is 0 Å². The van der Waals surface area contributed by atoms with Gasteiger partial charge >= 0.3 is 0 Å². The first-order valence-electron chi connectivity index (χ1n) is 11.0. The standard InChI is InChI=1S/C24H44O2/c1-16(2)9-18(5)11-20(7)15-24(8,14-19(6)10-17(3)4)22-12-21(25)13-23(22)26/h16-20,22H,9-15H2,1-8H3. The third kappa shape index (κ3) is 7.53. The van der Waals surface area contributed by atoms with Gasteiger partial charge in [-0.3, -0.25) is 9.59 Å². The average molecular weight is 365 g/mol. The minimum Gasteiger partial charge on any atom is -0.299 e. The van der Waals surface area contributed by atoms with Crippen molar-refractivity contribution in [3.05, 3.63) is 0 Å². The van der Waals surface area contributed by atoms with E-state index >= 15 is 0 Å². The first kappa shape index (κ1) is 23.4. The van der Waals surface area contributed by atoms with Crippen molar-refractivity contribution < 1.29 is 9.59 Å². The van der Waals surface area contributed by atoms with Crippen LogP contribution in [0.2, 0.25) is 0 Å². The maximum atomic E-state index is 12.6. The molecule has 2 heteroatoms. The second kappa shape index (κ2) is 10.0. The van der Waals surface area contributed by atoms with Crippen molar-refractivity contribution in [2.75, 3.05) is 0 Å². The van der Waals surface area contributed by atoms with Crippen LogP contribution in [-0.2, 0) is 9.59 Å². The van der Waals surface area contributed by atoms with Crippen molar-refractivity contribution >= 4 is 11.6 Å². The summed E-state index contributed by atoms with van der Waals surface area (Å²) >= 11 is 0. The lowest BCUT2D eigenvalue weighted by Gasteiger charge is -2.39. The molecular weight excluding hydrogens is 320 g/mol. The highest BCUT2D eigenvalue weighted by Gasteiger charge is 2.45. The molecule has 152 valence electrons. The van der Waals surface area contributed by atoms with Gasteiger partial charge in [0.15, 0.2) is 0 Å². The van der Waals surface area contributed by atoms with Crippen LogP contribution in [0.5, 0.6) is 0 Å². The van der Waals surface area contributed by atoms with Gasteiger partial charge in [-0.25, -0.2) is 0 Å². The van der Waals surface area contributed by atoms with Gasteiger partial charge in [-0.2, -0.15) is 0 Å². The van der Waals surface area contributed by atoms with Gasteiger partial charge in [-0.05, 0) is 67.1 Å². The molecule has 0 aromatic rings. The zero-order chi connectivity index (χ0) is 20.1. The number of hydrogen-bond acceptors (Lipinski definition) is 2. The van der Waals surface area contributed by atoms with Crippen molar-refractivity contribution in [3.63, 3.8) is 0 Å². The molecule has 5 atom stereocenters. The number of carbonyl (C=O) groups is 2. The molecule has 1 saturated carbocycles. The Morgan fingerprint density at radius 1 is 0.808 bits per heavy atom. The summed E-state index contributed by atoms with van der Waals surface area (Å²) in [5.74, 6) is 3.66. The molecule has 5 unspecified atom stereocenters. The quantitative estimate of drug-likeness (QED) is 0.382. The summed E-state index contributed by atoms with van der Waals surface area (Å²) in [7, 11) is 0. The Morgan fingerprint density at radius 3 is 1.69 bits per heavy atom. The van der Waals surface area contributed by atoms with E-state index in [0.29, 0.717) is 24.2 Å². The number of ketones is 2. The maximum Gasteiger partial charge on any atom is 0.144 e. The Hall–Kier alpha value is -0.660. The van der Waals surface area contributed by atoms with Gasteiger partial charge in [0.1, 0.15) is 11.6 Å². The Balaban J connectivity index is 2.86. The summed E-state index contributed by atoms with van der Waals surface area (Å²) in [5.41, 5.74) is -0.0332. The molecule has 1 rings (SSSR count). The lowest BCUT2D eigenvalue weighted by Crippen LogP contribution is -2.34. The highest BCUT2D eigenvalue weighted by Crippen LogP contribution is 2.47. The van der Waals surface area contributed by atoms with E-state index in [2.05, 4.69) is 55.4 Å². The fourth-order valence-corrected chi connectivity index (χ4v) is 5.89. The average Bonchev–Trinajstić information content (AvgIpc) is 2.75. The predicted octanol–water partition coefficient (Wildman–Crippen LogP) is 6.71. The van der Waals surface area contributed by atoms with Gasteiger partial charge in [-0.1, -0.05) is 55.4 Å². The summed E-state index contributed by atoms with van der Waals surface area (Å²) < 4.78 is 0. The second-order valence-electron chi connectivity index (χ2n) is 10.8. The van der Waals surface area contributed by atoms with Crippen molar-refractivity contribution in [1.82, 2.24) is 0 Å². The molecule has 1 aliphatic carbocycles. The van der Waals surface area contributed by atoms with E-state index in [1.54, 1.807) is 0 Å². The van der Waals surface area contributed by atoms with Crippen LogP contribution >= 0.6 is 0 Å². The van der Waals surface area contributed by atoms with Gasteiger partial charge in [0.05, 0.1) is 6.42 Å². The van der Waals surface area contributed by atoms with Crippen molar-refractivity contribution in [2.45, 2.75) is 100 Å². The molecule has 0 spiro atoms. The molecule has 0 amide bonds. The maximum absolute atomic E-state index is 12.6. The number of hydrogen-bond donors (Lipinski definition) is 0. The first-order chi connectivity index (χ1) is 11.9. The molecule has 1 aliphatic rings. The topological polar surface area (TPSA) is 34.1 Å². The fourth-order valence-electron chi connectivity index (χ4n) is 5.89. The van der Waals surface area contributed by atoms with Crippen LogP contribution in [0.3, 0.4) is 0 Å². The fraction of sp³-hybridized carbons (Fsp3) is 0.917. The molecular formula is C24H44O2. The molecule has 0 N–H and O–H groups in total. The lowest BCUT2D eigenvalue weighted by atomic mass is 9.64. The Bertz CT molecular complexity index is 465. The van der Waals surface area contributed by atoms with Gasteiger partial charge in [-0.15, -0.1) is 0 Å². The second-order valence-corrected chi connectivity index (χ2v) is 10.8. The number of Topliss-reactive ketones (excluding diaryl/α,β-unsaturated/α-hetero) is 2. The van der Waals surface area contributed by atoms with Crippen LogP contribution in [0.25, 0.3) is 0 Å². The highest BCUT2D eigenvalue weighted by molar-refractivity contribution is 6.07. The third-order valence-electron chi connectivity index (χ3n) is 6.21. The monoisotopic (exact) mass is 364 g/mol. The van der Waals surface area contributed by atoms with E-state index in [0.717, 1.165) is 24.7 Å². The first-order valence-corrected chi connectivity index (χ1v) is 11.0. The molecule has 0 radical (unpaired) electrons. The van der Waals surface area contributed by atoms with Gasteiger partial charge in [0.2, 0.25) is 0 Å². The van der Waals surface area contributed by atoms with Crippen LogP contribution in [0.15, 0.2) is 0 Å². The normalized spacial score (nSPS) is 24.2. The molecule has 0 heterocycles. The predicted molar refractivity (Wildman–Crippen MR) is 111 cm³/mol. The van der Waals surface area contributed by atoms with Crippen LogP contribution in [0.1, 0.15) is 100 Å². The zero-order valence-corrected chi connectivity index (χ0v) is 18.7. The Labute approximate surface area is 162 Å². The Kier molecular flexibility index (Phi) is 9.03.